The molecule has 29 heavy (non-hydrogen) atoms. The quantitative estimate of drug-likeness (QED) is 0.273. The molecule has 2 atom stereocenters. The van der Waals surface area contributed by atoms with Crippen molar-refractivity contribution in [2.24, 2.45) is 10.8 Å². The minimum absolute atomic E-state index is 0.102. The average molecular weight is 404 g/mol. The Balaban J connectivity index is 2.76. The molecule has 0 bridgehead atoms. The van der Waals surface area contributed by atoms with E-state index < -0.39 is 29.9 Å². The summed E-state index contributed by atoms with van der Waals surface area (Å²) < 4.78 is 0. The molecule has 0 heterocycles. The molecule has 0 aromatic heterocycles. The lowest BCUT2D eigenvalue weighted by molar-refractivity contribution is -0.127. The maximum absolute atomic E-state index is 12.4. The Morgan fingerprint density at radius 2 is 1.79 bits per heavy atom. The highest BCUT2D eigenvalue weighted by Crippen LogP contribution is 2.13. The number of carbonyl (C=O) groups is 4. The van der Waals surface area contributed by atoms with Gasteiger partial charge < -0.3 is 21.7 Å². The molecule has 1 aromatic rings. The number of urea groups is 1. The van der Waals surface area contributed by atoms with Gasteiger partial charge >= 0.3 is 6.03 Å². The average Bonchev–Trinajstić information content (AvgIpc) is 2.70. The van der Waals surface area contributed by atoms with Crippen LogP contribution in [0.1, 0.15) is 38.3 Å². The van der Waals surface area contributed by atoms with Crippen molar-refractivity contribution >= 4 is 29.3 Å². The molecule has 0 radical (unpaired) electrons. The number of hydrogen-bond donors (Lipinski definition) is 5. The lowest BCUT2D eigenvalue weighted by Crippen LogP contribution is -2.47. The maximum atomic E-state index is 12.4. The summed E-state index contributed by atoms with van der Waals surface area (Å²) in [7, 11) is 1.40. The summed E-state index contributed by atoms with van der Waals surface area (Å²) >= 11 is 0. The van der Waals surface area contributed by atoms with Crippen molar-refractivity contribution in [3.63, 3.8) is 0 Å². The van der Waals surface area contributed by atoms with Crippen molar-refractivity contribution in [3.8, 4) is 0 Å². The van der Waals surface area contributed by atoms with Crippen molar-refractivity contribution in [1.82, 2.24) is 21.4 Å². The van der Waals surface area contributed by atoms with E-state index in [0.29, 0.717) is 18.4 Å². The first kappa shape index (κ1) is 23.8. The Morgan fingerprint density at radius 1 is 1.14 bits per heavy atom. The van der Waals surface area contributed by atoms with Crippen molar-refractivity contribution in [2.75, 3.05) is 13.6 Å². The Labute approximate surface area is 169 Å². The highest BCUT2D eigenvalue weighted by atomic mass is 16.2. The molecule has 0 aliphatic rings. The van der Waals surface area contributed by atoms with Gasteiger partial charge in [0.1, 0.15) is 11.8 Å². The summed E-state index contributed by atoms with van der Waals surface area (Å²) in [5.41, 5.74) is 8.65. The van der Waals surface area contributed by atoms with E-state index in [1.807, 2.05) is 6.92 Å². The predicted molar refractivity (Wildman–Crippen MR) is 109 cm³/mol. The van der Waals surface area contributed by atoms with Crippen LogP contribution in [-0.2, 0) is 14.4 Å². The van der Waals surface area contributed by atoms with E-state index in [1.54, 1.807) is 30.3 Å². The first-order valence-electron chi connectivity index (χ1n) is 9.23. The van der Waals surface area contributed by atoms with E-state index in [0.717, 1.165) is 0 Å². The fourth-order valence-electron chi connectivity index (χ4n) is 2.44. The molecule has 0 saturated heterocycles. The summed E-state index contributed by atoms with van der Waals surface area (Å²) in [5, 5.41) is 11.1. The van der Waals surface area contributed by atoms with Gasteiger partial charge in [-0.05, 0) is 18.9 Å². The number of amides is 4. The van der Waals surface area contributed by atoms with Crippen LogP contribution in [-0.4, -0.2) is 49.0 Å². The second-order valence-corrected chi connectivity index (χ2v) is 6.29. The van der Waals surface area contributed by atoms with E-state index in [2.05, 4.69) is 26.5 Å². The van der Waals surface area contributed by atoms with Gasteiger partial charge in [0, 0.05) is 7.05 Å². The van der Waals surface area contributed by atoms with Crippen LogP contribution in [0.2, 0.25) is 0 Å². The van der Waals surface area contributed by atoms with Crippen LogP contribution >= 0.6 is 0 Å². The molecule has 0 aliphatic heterocycles. The monoisotopic (exact) mass is 404 g/mol. The molecule has 0 saturated carbocycles. The topological polar surface area (TPSA) is 155 Å². The van der Waals surface area contributed by atoms with Crippen LogP contribution in [0.3, 0.4) is 0 Å². The van der Waals surface area contributed by atoms with Gasteiger partial charge in [0.25, 0.3) is 5.91 Å². The molecule has 158 valence electrons. The standard InChI is InChI=1S/C19H28N6O4/c1-4-8-14(20)17(24-25-19(29)21-3)18(28)22-11-15(27)23-16(12(2)26)13-9-6-5-7-10-13/h5-7,9-10,14,16H,4,8,11,20H2,1-3H3,(H,22,28)(H,23,27)(H2,21,25,29)/t14?,16-/m1/s1. The fraction of sp³-hybridized carbons (Fsp3) is 0.421. The summed E-state index contributed by atoms with van der Waals surface area (Å²) in [5.74, 6) is -1.47. The van der Waals surface area contributed by atoms with E-state index in [9.17, 15) is 19.2 Å². The largest absolute Gasteiger partial charge is 0.342 e. The number of rotatable bonds is 10. The van der Waals surface area contributed by atoms with Crippen LogP contribution in [0.4, 0.5) is 4.79 Å². The molecule has 10 nitrogen and oxygen atoms in total. The zero-order valence-electron chi connectivity index (χ0n) is 16.8. The van der Waals surface area contributed by atoms with Gasteiger partial charge in [-0.1, -0.05) is 43.7 Å². The van der Waals surface area contributed by atoms with Crippen LogP contribution in [0.25, 0.3) is 0 Å². The van der Waals surface area contributed by atoms with Gasteiger partial charge in [-0.2, -0.15) is 5.10 Å². The lowest BCUT2D eigenvalue weighted by Gasteiger charge is -2.17. The number of hydrogen-bond acceptors (Lipinski definition) is 6. The highest BCUT2D eigenvalue weighted by molar-refractivity contribution is 6.41. The van der Waals surface area contributed by atoms with Gasteiger partial charge in [0.05, 0.1) is 12.6 Å². The number of nitrogens with zero attached hydrogens (tertiary/aromatic N) is 1. The Morgan fingerprint density at radius 3 is 2.34 bits per heavy atom. The minimum Gasteiger partial charge on any atom is -0.342 e. The summed E-state index contributed by atoms with van der Waals surface area (Å²) in [4.78, 5) is 47.8. The van der Waals surface area contributed by atoms with Gasteiger partial charge in [0.15, 0.2) is 5.78 Å². The third-order valence-corrected chi connectivity index (χ3v) is 3.94. The van der Waals surface area contributed by atoms with E-state index >= 15 is 0 Å². The molecule has 1 unspecified atom stereocenters. The smallest absolute Gasteiger partial charge is 0.334 e. The van der Waals surface area contributed by atoms with Crippen molar-refractivity contribution in [1.29, 1.82) is 0 Å². The molecule has 0 spiro atoms. The van der Waals surface area contributed by atoms with Crippen LogP contribution in [0.5, 0.6) is 0 Å². The predicted octanol–water partition coefficient (Wildman–Crippen LogP) is -0.0385. The Bertz CT molecular complexity index is 750. The summed E-state index contributed by atoms with van der Waals surface area (Å²) in [6.45, 7) is 2.88. The van der Waals surface area contributed by atoms with E-state index in [1.165, 1.54) is 14.0 Å². The Hall–Kier alpha value is -3.27. The fourth-order valence-corrected chi connectivity index (χ4v) is 2.44. The van der Waals surface area contributed by atoms with Crippen molar-refractivity contribution in [3.05, 3.63) is 35.9 Å². The van der Waals surface area contributed by atoms with E-state index in [4.69, 9.17) is 5.73 Å². The number of nitrogens with two attached hydrogens (primary N) is 1. The highest BCUT2D eigenvalue weighted by Gasteiger charge is 2.22. The number of hydrazone groups is 1. The number of carbonyl (C=O) groups excluding carboxylic acids is 4. The van der Waals surface area contributed by atoms with Crippen molar-refractivity contribution in [2.45, 2.75) is 38.8 Å². The second-order valence-electron chi connectivity index (χ2n) is 6.29. The molecule has 0 fully saturated rings. The molecular formula is C19H28N6O4. The first-order chi connectivity index (χ1) is 13.8. The second kappa shape index (κ2) is 12.2. The third-order valence-electron chi connectivity index (χ3n) is 3.94. The normalized spacial score (nSPS) is 13.0. The zero-order chi connectivity index (χ0) is 21.8. The molecule has 10 heteroatoms. The SMILES string of the molecule is CCCC(N)C(=NNC(=O)NC)C(=O)NCC(=O)N[C@H](C(C)=O)c1ccccc1. The molecule has 1 rings (SSSR count). The minimum atomic E-state index is -0.814. The number of ketones is 1. The third kappa shape index (κ3) is 8.09. The van der Waals surface area contributed by atoms with E-state index in [-0.39, 0.29) is 18.0 Å². The van der Waals surface area contributed by atoms with Gasteiger partial charge in [-0.3, -0.25) is 14.4 Å². The maximum Gasteiger partial charge on any atom is 0.334 e. The number of nitrogens with one attached hydrogen (secondary N) is 4. The van der Waals surface area contributed by atoms with Gasteiger partial charge in [-0.15, -0.1) is 0 Å². The molecular weight excluding hydrogens is 376 g/mol. The first-order valence-corrected chi connectivity index (χ1v) is 9.23. The molecule has 4 amide bonds. The number of Topliss-reactive ketones (excluding diaryl/α,β-unsaturated/α-hetero) is 1. The Kier molecular flexibility index (Phi) is 10.0. The molecule has 6 N–H and O–H groups in total. The van der Waals surface area contributed by atoms with Crippen LogP contribution < -0.4 is 27.1 Å². The zero-order valence-corrected chi connectivity index (χ0v) is 16.8. The summed E-state index contributed by atoms with van der Waals surface area (Å²) in [6.07, 6.45) is 1.17. The van der Waals surface area contributed by atoms with Crippen LogP contribution in [0, 0.1) is 0 Å². The number of benzene rings is 1. The molecule has 1 aromatic carbocycles. The van der Waals surface area contributed by atoms with Crippen molar-refractivity contribution < 1.29 is 19.2 Å². The van der Waals surface area contributed by atoms with Gasteiger partial charge in [0.2, 0.25) is 5.91 Å². The summed E-state index contributed by atoms with van der Waals surface area (Å²) in [6, 6.07) is 6.64. The van der Waals surface area contributed by atoms with Gasteiger partial charge in [-0.25, -0.2) is 10.2 Å². The lowest BCUT2D eigenvalue weighted by atomic mass is 10.0. The molecule has 0 aliphatic carbocycles. The van der Waals surface area contributed by atoms with Crippen LogP contribution in [0.15, 0.2) is 35.4 Å².